The molecule has 0 radical (unpaired) electrons. The van der Waals surface area contributed by atoms with E-state index in [1.807, 2.05) is 0 Å². The topological polar surface area (TPSA) is 61.8 Å². The van der Waals surface area contributed by atoms with E-state index in [0.717, 1.165) is 0 Å². The van der Waals surface area contributed by atoms with E-state index in [9.17, 15) is 9.59 Å². The van der Waals surface area contributed by atoms with E-state index in [-0.39, 0.29) is 6.10 Å². The predicted molar refractivity (Wildman–Crippen MR) is 41.8 cm³/mol. The number of methoxy groups -OCH3 is 1. The van der Waals surface area contributed by atoms with Crippen LogP contribution in [0.1, 0.15) is 0 Å². The molecule has 0 N–H and O–H groups in total. The highest BCUT2D eigenvalue weighted by Gasteiger charge is 2.67. The summed E-state index contributed by atoms with van der Waals surface area (Å²) in [4.78, 5) is 22.7. The van der Waals surface area contributed by atoms with Gasteiger partial charge in [0.25, 0.3) is 0 Å². The zero-order valence-corrected chi connectivity index (χ0v) is 7.43. The number of esters is 2. The molecule has 5 heteroatoms. The zero-order chi connectivity index (χ0) is 9.92. The van der Waals surface area contributed by atoms with E-state index in [1.54, 1.807) is 12.2 Å². The molecule has 0 spiro atoms. The molecule has 2 fully saturated rings. The molecule has 2 saturated heterocycles. The van der Waals surface area contributed by atoms with E-state index in [0.29, 0.717) is 0 Å². The maximum absolute atomic E-state index is 11.4. The summed E-state index contributed by atoms with van der Waals surface area (Å²) in [5.74, 6) is -3.28. The van der Waals surface area contributed by atoms with Crippen molar-refractivity contribution >= 4 is 11.9 Å². The highest BCUT2D eigenvalue weighted by molar-refractivity contribution is 5.98. The summed E-state index contributed by atoms with van der Waals surface area (Å²) in [6.45, 7) is 0. The molecule has 3 rings (SSSR count). The van der Waals surface area contributed by atoms with E-state index >= 15 is 0 Å². The first kappa shape index (κ1) is 8.14. The SMILES string of the molecule is COC12C=CC(O1)C1C(=O)OC(=O)C12. The van der Waals surface area contributed by atoms with Gasteiger partial charge in [-0.15, -0.1) is 0 Å². The van der Waals surface area contributed by atoms with Gasteiger partial charge in [-0.2, -0.15) is 0 Å². The Hall–Kier alpha value is -1.20. The van der Waals surface area contributed by atoms with Gasteiger partial charge in [0.05, 0.1) is 6.10 Å². The molecule has 4 unspecified atom stereocenters. The smallest absolute Gasteiger partial charge is 0.323 e. The minimum Gasteiger partial charge on any atom is -0.392 e. The van der Waals surface area contributed by atoms with E-state index < -0.39 is 29.6 Å². The molecule has 0 saturated carbocycles. The molecule has 3 heterocycles. The van der Waals surface area contributed by atoms with Crippen LogP contribution in [0.25, 0.3) is 0 Å². The van der Waals surface area contributed by atoms with Crippen molar-refractivity contribution in [2.75, 3.05) is 7.11 Å². The first-order chi connectivity index (χ1) is 6.68. The molecule has 0 aromatic heterocycles. The van der Waals surface area contributed by atoms with Crippen molar-refractivity contribution in [3.63, 3.8) is 0 Å². The molecule has 14 heavy (non-hydrogen) atoms. The summed E-state index contributed by atoms with van der Waals surface area (Å²) in [5.41, 5.74) is 0. The molecule has 5 nitrogen and oxygen atoms in total. The van der Waals surface area contributed by atoms with Crippen LogP contribution in [0.3, 0.4) is 0 Å². The van der Waals surface area contributed by atoms with Crippen molar-refractivity contribution in [1.29, 1.82) is 0 Å². The number of cyclic esters (lactones) is 2. The highest BCUT2D eigenvalue weighted by Crippen LogP contribution is 2.51. The summed E-state index contributed by atoms with van der Waals surface area (Å²) in [7, 11) is 1.45. The molecule has 74 valence electrons. The van der Waals surface area contributed by atoms with Crippen LogP contribution in [0.2, 0.25) is 0 Å². The standard InChI is InChI=1S/C9H8O5/c1-12-9-3-2-4(14-9)5-6(9)8(11)13-7(5)10/h2-6H,1H3. The molecular weight excluding hydrogens is 188 g/mol. The first-order valence-corrected chi connectivity index (χ1v) is 4.36. The maximum Gasteiger partial charge on any atom is 0.323 e. The second-order valence-electron chi connectivity index (χ2n) is 3.61. The van der Waals surface area contributed by atoms with Crippen LogP contribution < -0.4 is 0 Å². The van der Waals surface area contributed by atoms with Crippen molar-refractivity contribution in [2.45, 2.75) is 11.9 Å². The summed E-state index contributed by atoms with van der Waals surface area (Å²) in [5, 5.41) is 0. The normalized spacial score (nSPS) is 48.5. The average Bonchev–Trinajstić information content (AvgIpc) is 2.78. The number of rotatable bonds is 1. The van der Waals surface area contributed by atoms with Crippen molar-refractivity contribution in [3.05, 3.63) is 12.2 Å². The van der Waals surface area contributed by atoms with Gasteiger partial charge in [-0.25, -0.2) is 0 Å². The molecule has 2 bridgehead atoms. The van der Waals surface area contributed by atoms with Gasteiger partial charge in [0.15, 0.2) is 0 Å². The fraction of sp³-hybridized carbons (Fsp3) is 0.556. The number of hydrogen-bond donors (Lipinski definition) is 0. The first-order valence-electron chi connectivity index (χ1n) is 4.36. The number of carbonyl (C=O) groups excluding carboxylic acids is 2. The minimum absolute atomic E-state index is 0.376. The third-order valence-corrected chi connectivity index (χ3v) is 3.03. The third-order valence-electron chi connectivity index (χ3n) is 3.03. The minimum atomic E-state index is -1.07. The molecule has 0 aromatic rings. The fourth-order valence-electron chi connectivity index (χ4n) is 2.39. The van der Waals surface area contributed by atoms with Gasteiger partial charge in [0.2, 0.25) is 5.79 Å². The summed E-state index contributed by atoms with van der Waals surface area (Å²) >= 11 is 0. The van der Waals surface area contributed by atoms with Crippen LogP contribution in [-0.2, 0) is 23.8 Å². The second kappa shape index (κ2) is 2.24. The largest absolute Gasteiger partial charge is 0.392 e. The molecule has 3 aliphatic heterocycles. The lowest BCUT2D eigenvalue weighted by molar-refractivity contribution is -0.191. The van der Waals surface area contributed by atoms with Crippen LogP contribution >= 0.6 is 0 Å². The number of carbonyl (C=O) groups is 2. The molecule has 0 aromatic carbocycles. The third kappa shape index (κ3) is 0.689. The molecule has 0 amide bonds. The fourth-order valence-corrected chi connectivity index (χ4v) is 2.39. The molecular formula is C9H8O5. The molecule has 0 aliphatic carbocycles. The van der Waals surface area contributed by atoms with Gasteiger partial charge >= 0.3 is 11.9 Å². The average molecular weight is 196 g/mol. The van der Waals surface area contributed by atoms with E-state index in [4.69, 9.17) is 9.47 Å². The predicted octanol–water partition coefficient (Wildman–Crippen LogP) is -0.387. The Bertz CT molecular complexity index is 360. The Balaban J connectivity index is 2.10. The van der Waals surface area contributed by atoms with E-state index in [1.165, 1.54) is 7.11 Å². The lowest BCUT2D eigenvalue weighted by Crippen LogP contribution is -2.39. The number of hydrogen-bond acceptors (Lipinski definition) is 5. The Morgan fingerprint density at radius 3 is 2.93 bits per heavy atom. The van der Waals surface area contributed by atoms with E-state index in [2.05, 4.69) is 4.74 Å². The van der Waals surface area contributed by atoms with Crippen molar-refractivity contribution in [2.24, 2.45) is 11.8 Å². The van der Waals surface area contributed by atoms with Crippen molar-refractivity contribution in [3.8, 4) is 0 Å². The number of ether oxygens (including phenoxy) is 3. The lowest BCUT2D eigenvalue weighted by atomic mass is 9.83. The van der Waals surface area contributed by atoms with Crippen LogP contribution in [0.15, 0.2) is 12.2 Å². The van der Waals surface area contributed by atoms with Gasteiger partial charge in [-0.05, 0) is 6.08 Å². The monoisotopic (exact) mass is 196 g/mol. The zero-order valence-electron chi connectivity index (χ0n) is 7.43. The Morgan fingerprint density at radius 1 is 1.43 bits per heavy atom. The molecule has 4 atom stereocenters. The van der Waals surface area contributed by atoms with Crippen LogP contribution in [0, 0.1) is 11.8 Å². The van der Waals surface area contributed by atoms with Gasteiger partial charge in [0, 0.05) is 7.11 Å². The van der Waals surface area contributed by atoms with Crippen molar-refractivity contribution < 1.29 is 23.8 Å². The Morgan fingerprint density at radius 2 is 2.21 bits per heavy atom. The maximum atomic E-state index is 11.4. The van der Waals surface area contributed by atoms with Gasteiger partial charge < -0.3 is 14.2 Å². The highest BCUT2D eigenvalue weighted by atomic mass is 16.7. The van der Waals surface area contributed by atoms with Crippen LogP contribution in [0.5, 0.6) is 0 Å². The van der Waals surface area contributed by atoms with Crippen LogP contribution in [0.4, 0.5) is 0 Å². The second-order valence-corrected chi connectivity index (χ2v) is 3.61. The quantitative estimate of drug-likeness (QED) is 0.325. The van der Waals surface area contributed by atoms with Crippen LogP contribution in [-0.4, -0.2) is 30.9 Å². The van der Waals surface area contributed by atoms with Gasteiger partial charge in [-0.1, -0.05) is 6.08 Å². The summed E-state index contributed by atoms with van der Waals surface area (Å²) < 4.78 is 15.2. The summed E-state index contributed by atoms with van der Waals surface area (Å²) in [6.07, 6.45) is 3.04. The summed E-state index contributed by atoms with van der Waals surface area (Å²) in [6, 6.07) is 0. The molecule has 3 aliphatic rings. The van der Waals surface area contributed by atoms with Crippen molar-refractivity contribution in [1.82, 2.24) is 0 Å². The number of fused-ring (bicyclic) bond motifs is 5. The van der Waals surface area contributed by atoms with Gasteiger partial charge in [-0.3, -0.25) is 9.59 Å². The Kier molecular flexibility index (Phi) is 1.30. The lowest BCUT2D eigenvalue weighted by Gasteiger charge is -2.24. The van der Waals surface area contributed by atoms with Gasteiger partial charge in [0.1, 0.15) is 11.8 Å². The Labute approximate surface area is 79.6 Å².